The Morgan fingerprint density at radius 3 is 0.955 bits per heavy atom. The highest BCUT2D eigenvalue weighted by Crippen LogP contribution is 2.15. The van der Waals surface area contributed by atoms with E-state index < -0.39 is 6.10 Å². The lowest BCUT2D eigenvalue weighted by Crippen LogP contribution is -2.30. The fourth-order valence-electron chi connectivity index (χ4n) is 7.18. The van der Waals surface area contributed by atoms with E-state index in [1.54, 1.807) is 0 Å². The number of carbonyl (C=O) groups is 3. The first kappa shape index (κ1) is 63.1. The summed E-state index contributed by atoms with van der Waals surface area (Å²) in [5.74, 6) is -1.03. The standard InChI is InChI=1S/C61H100O6/c1-4-7-10-13-16-19-22-25-28-30-33-35-38-41-44-47-50-53-59(62)65-56-58(67-61(64)55-52-49-46-43-40-37-32-27-24-21-18-15-12-9-6-3)57-66-60(63)54-51-48-45-42-39-36-34-31-29-26-23-20-17-14-11-8-5-2/h7,10,16-17,19-20,25-26,28-29,33-36,41-42,44-45,58H,4-6,8-9,11-15,18,21-24,27,30-32,37-40,43,46-57H2,1-3H3/b10-7-,19-16-,20-17-,28-25-,29-26-,35-33-,36-34-,44-41-,45-42-/t58-/m1/s1. The van der Waals surface area contributed by atoms with Crippen molar-refractivity contribution in [3.63, 3.8) is 0 Å². The molecular weight excluding hydrogens is 829 g/mol. The summed E-state index contributed by atoms with van der Waals surface area (Å²) in [5.41, 5.74) is 0. The predicted molar refractivity (Wildman–Crippen MR) is 288 cm³/mol. The van der Waals surface area contributed by atoms with Crippen LogP contribution in [0.25, 0.3) is 0 Å². The number of allylic oxidation sites excluding steroid dienone is 18. The van der Waals surface area contributed by atoms with Crippen molar-refractivity contribution in [2.45, 2.75) is 245 Å². The Hall–Kier alpha value is -3.93. The molecule has 67 heavy (non-hydrogen) atoms. The first-order valence-electron chi connectivity index (χ1n) is 27.4. The summed E-state index contributed by atoms with van der Waals surface area (Å²) in [6, 6.07) is 0. The summed E-state index contributed by atoms with van der Waals surface area (Å²) in [6.07, 6.45) is 73.7. The topological polar surface area (TPSA) is 78.9 Å². The number of rotatable bonds is 48. The number of unbranched alkanes of at least 4 members (excludes halogenated alkanes) is 19. The molecule has 0 aliphatic carbocycles. The summed E-state index contributed by atoms with van der Waals surface area (Å²) in [4.78, 5) is 38.0. The molecule has 0 aromatic carbocycles. The van der Waals surface area contributed by atoms with Crippen LogP contribution in [0.4, 0.5) is 0 Å². The summed E-state index contributed by atoms with van der Waals surface area (Å²) < 4.78 is 16.7. The predicted octanol–water partition coefficient (Wildman–Crippen LogP) is 18.3. The van der Waals surface area contributed by atoms with Gasteiger partial charge < -0.3 is 14.2 Å². The third-order valence-corrected chi connectivity index (χ3v) is 11.3. The maximum absolute atomic E-state index is 12.8. The Morgan fingerprint density at radius 2 is 0.597 bits per heavy atom. The van der Waals surface area contributed by atoms with E-state index in [0.717, 1.165) is 83.5 Å². The van der Waals surface area contributed by atoms with E-state index >= 15 is 0 Å². The van der Waals surface area contributed by atoms with Crippen LogP contribution in [0.2, 0.25) is 0 Å². The molecule has 0 unspecified atom stereocenters. The van der Waals surface area contributed by atoms with Gasteiger partial charge in [-0.2, -0.15) is 0 Å². The maximum Gasteiger partial charge on any atom is 0.306 e. The van der Waals surface area contributed by atoms with Crippen molar-refractivity contribution in [1.29, 1.82) is 0 Å². The summed E-state index contributed by atoms with van der Waals surface area (Å²) in [5, 5.41) is 0. The van der Waals surface area contributed by atoms with E-state index in [1.807, 2.05) is 0 Å². The fourth-order valence-corrected chi connectivity index (χ4v) is 7.18. The molecule has 0 aliphatic heterocycles. The highest BCUT2D eigenvalue weighted by Gasteiger charge is 2.19. The van der Waals surface area contributed by atoms with E-state index in [4.69, 9.17) is 14.2 Å². The van der Waals surface area contributed by atoms with Crippen molar-refractivity contribution in [2.24, 2.45) is 0 Å². The molecule has 6 nitrogen and oxygen atoms in total. The van der Waals surface area contributed by atoms with Crippen LogP contribution in [0.1, 0.15) is 239 Å². The minimum atomic E-state index is -0.823. The Morgan fingerprint density at radius 1 is 0.313 bits per heavy atom. The second kappa shape index (κ2) is 54.7. The Labute approximate surface area is 412 Å². The van der Waals surface area contributed by atoms with Gasteiger partial charge in [0.15, 0.2) is 6.10 Å². The van der Waals surface area contributed by atoms with Crippen LogP contribution in [0.3, 0.4) is 0 Å². The molecule has 0 heterocycles. The fraction of sp³-hybridized carbons (Fsp3) is 0.656. The van der Waals surface area contributed by atoms with Crippen molar-refractivity contribution in [3.05, 3.63) is 109 Å². The van der Waals surface area contributed by atoms with E-state index in [-0.39, 0.29) is 44.0 Å². The molecule has 0 saturated heterocycles. The Balaban J connectivity index is 4.56. The zero-order valence-electron chi connectivity index (χ0n) is 43.4. The average Bonchev–Trinajstić information content (AvgIpc) is 3.33. The monoisotopic (exact) mass is 929 g/mol. The molecule has 0 aliphatic rings. The molecule has 0 fully saturated rings. The second-order valence-corrected chi connectivity index (χ2v) is 17.8. The van der Waals surface area contributed by atoms with Crippen molar-refractivity contribution in [3.8, 4) is 0 Å². The van der Waals surface area contributed by atoms with Crippen molar-refractivity contribution in [2.75, 3.05) is 13.2 Å². The molecule has 0 bridgehead atoms. The van der Waals surface area contributed by atoms with Gasteiger partial charge in [0.2, 0.25) is 0 Å². The van der Waals surface area contributed by atoms with Crippen LogP contribution in [0, 0.1) is 0 Å². The molecular formula is C61H100O6. The van der Waals surface area contributed by atoms with Crippen LogP contribution in [0.5, 0.6) is 0 Å². The Kier molecular flexibility index (Phi) is 51.5. The number of hydrogen-bond donors (Lipinski definition) is 0. The van der Waals surface area contributed by atoms with Gasteiger partial charge >= 0.3 is 17.9 Å². The second-order valence-electron chi connectivity index (χ2n) is 17.8. The lowest BCUT2D eigenvalue weighted by molar-refractivity contribution is -0.167. The van der Waals surface area contributed by atoms with Crippen molar-refractivity contribution < 1.29 is 28.6 Å². The van der Waals surface area contributed by atoms with Gasteiger partial charge in [0.1, 0.15) is 13.2 Å². The minimum Gasteiger partial charge on any atom is -0.462 e. The van der Waals surface area contributed by atoms with E-state index in [1.165, 1.54) is 103 Å². The molecule has 0 rings (SSSR count). The largest absolute Gasteiger partial charge is 0.462 e. The molecule has 1 atom stereocenters. The lowest BCUT2D eigenvalue weighted by atomic mass is 10.0. The average molecular weight is 929 g/mol. The van der Waals surface area contributed by atoms with Gasteiger partial charge in [0.25, 0.3) is 0 Å². The van der Waals surface area contributed by atoms with Gasteiger partial charge in [-0.25, -0.2) is 0 Å². The highest BCUT2D eigenvalue weighted by atomic mass is 16.6. The molecule has 0 aromatic heterocycles. The van der Waals surface area contributed by atoms with E-state index in [2.05, 4.69) is 130 Å². The molecule has 0 saturated carbocycles. The summed E-state index contributed by atoms with van der Waals surface area (Å²) in [7, 11) is 0. The quantitative estimate of drug-likeness (QED) is 0.0262. The van der Waals surface area contributed by atoms with Gasteiger partial charge in [0.05, 0.1) is 0 Å². The van der Waals surface area contributed by atoms with Crippen molar-refractivity contribution in [1.82, 2.24) is 0 Å². The maximum atomic E-state index is 12.8. The van der Waals surface area contributed by atoms with Crippen LogP contribution in [0.15, 0.2) is 109 Å². The van der Waals surface area contributed by atoms with Gasteiger partial charge in [-0.1, -0.05) is 233 Å². The third kappa shape index (κ3) is 52.9. The molecule has 0 N–H and O–H groups in total. The number of carbonyl (C=O) groups excluding carboxylic acids is 3. The van der Waals surface area contributed by atoms with E-state index in [0.29, 0.717) is 19.3 Å². The molecule has 0 amide bonds. The highest BCUT2D eigenvalue weighted by molar-refractivity contribution is 5.71. The zero-order valence-corrected chi connectivity index (χ0v) is 43.4. The first-order chi connectivity index (χ1) is 33.0. The summed E-state index contributed by atoms with van der Waals surface area (Å²) >= 11 is 0. The van der Waals surface area contributed by atoms with Crippen LogP contribution in [-0.4, -0.2) is 37.2 Å². The van der Waals surface area contributed by atoms with Gasteiger partial charge in [-0.15, -0.1) is 0 Å². The normalized spacial score (nSPS) is 12.9. The number of esters is 3. The van der Waals surface area contributed by atoms with Gasteiger partial charge in [0, 0.05) is 19.3 Å². The number of hydrogen-bond acceptors (Lipinski definition) is 6. The molecule has 0 aromatic rings. The van der Waals surface area contributed by atoms with Crippen LogP contribution in [-0.2, 0) is 28.6 Å². The van der Waals surface area contributed by atoms with Gasteiger partial charge in [-0.05, 0) is 96.3 Å². The zero-order chi connectivity index (χ0) is 48.6. The first-order valence-corrected chi connectivity index (χ1v) is 27.4. The van der Waals surface area contributed by atoms with Crippen LogP contribution >= 0.6 is 0 Å². The molecule has 380 valence electrons. The smallest absolute Gasteiger partial charge is 0.306 e. The molecule has 0 spiro atoms. The van der Waals surface area contributed by atoms with Crippen LogP contribution < -0.4 is 0 Å². The lowest BCUT2D eigenvalue weighted by Gasteiger charge is -2.18. The van der Waals surface area contributed by atoms with Crippen molar-refractivity contribution >= 4 is 17.9 Å². The van der Waals surface area contributed by atoms with E-state index in [9.17, 15) is 14.4 Å². The SMILES string of the molecule is CC/C=C\C/C=C\C/C=C\C/C=C\C/C=C\CCCC(=O)OC[C@H](COC(=O)CCC/C=C\C/C=C\C/C=C\C/C=C\CCCCC)OC(=O)CCCCCCCCCCCCCCCCC. The molecule has 6 heteroatoms. The number of ether oxygens (including phenoxy) is 3. The van der Waals surface area contributed by atoms with Gasteiger partial charge in [-0.3, -0.25) is 14.4 Å². The minimum absolute atomic E-state index is 0.124. The molecule has 0 radical (unpaired) electrons. The third-order valence-electron chi connectivity index (χ3n) is 11.3. The Bertz CT molecular complexity index is 1390. The summed E-state index contributed by atoms with van der Waals surface area (Å²) in [6.45, 7) is 6.40.